The summed E-state index contributed by atoms with van der Waals surface area (Å²) in [6, 6.07) is 0. The van der Waals surface area contributed by atoms with Crippen molar-refractivity contribution in [2.24, 2.45) is 0 Å². The van der Waals surface area contributed by atoms with Crippen LogP contribution in [0.3, 0.4) is 0 Å². The van der Waals surface area contributed by atoms with Gasteiger partial charge in [0.1, 0.15) is 12.7 Å². The van der Waals surface area contributed by atoms with Gasteiger partial charge in [-0.3, -0.25) is 4.79 Å². The third-order valence-electron chi connectivity index (χ3n) is 9.68. The van der Waals surface area contributed by atoms with E-state index in [1.54, 1.807) is 0 Å². The fraction of sp³-hybridized carbons (Fsp3) is 0.977. The minimum Gasteiger partial charge on any atom is -0.463 e. The van der Waals surface area contributed by atoms with Gasteiger partial charge in [-0.05, 0) is 19.3 Å². The van der Waals surface area contributed by atoms with Gasteiger partial charge in [-0.25, -0.2) is 0 Å². The minimum absolute atomic E-state index is 0.124. The second-order valence-electron chi connectivity index (χ2n) is 14.6. The summed E-state index contributed by atoms with van der Waals surface area (Å²) < 4.78 is 17.6. The summed E-state index contributed by atoms with van der Waals surface area (Å²) in [5.74, 6) is -0.124. The molecule has 0 aliphatic heterocycles. The summed E-state index contributed by atoms with van der Waals surface area (Å²) in [5.41, 5.74) is 0. The zero-order chi connectivity index (χ0) is 34.1. The Morgan fingerprint density at radius 3 is 1.04 bits per heavy atom. The largest absolute Gasteiger partial charge is 0.463 e. The molecule has 0 heterocycles. The van der Waals surface area contributed by atoms with Crippen molar-refractivity contribution in [2.75, 3.05) is 26.4 Å². The standard InChI is InChI=1S/C43H86O4/c1-4-7-9-11-13-15-17-19-21-23-25-27-29-31-33-35-38-45-40-42(41-47-43(44)37-6-3)46-39-36-34-32-30-28-26-24-22-20-18-16-14-12-10-8-5-2/h42H,4-41H2,1-3H3. The summed E-state index contributed by atoms with van der Waals surface area (Å²) in [6.45, 7) is 8.94. The number of hydrogen-bond donors (Lipinski definition) is 0. The second-order valence-corrected chi connectivity index (χ2v) is 14.6. The predicted molar refractivity (Wildman–Crippen MR) is 206 cm³/mol. The fourth-order valence-corrected chi connectivity index (χ4v) is 6.47. The monoisotopic (exact) mass is 667 g/mol. The number of rotatable bonds is 41. The zero-order valence-corrected chi connectivity index (χ0v) is 32.6. The molecule has 4 nitrogen and oxygen atoms in total. The lowest BCUT2D eigenvalue weighted by Crippen LogP contribution is -2.28. The average Bonchev–Trinajstić information content (AvgIpc) is 3.07. The van der Waals surface area contributed by atoms with E-state index in [4.69, 9.17) is 14.2 Å². The van der Waals surface area contributed by atoms with Crippen LogP contribution in [0.15, 0.2) is 0 Å². The van der Waals surface area contributed by atoms with E-state index in [-0.39, 0.29) is 12.1 Å². The highest BCUT2D eigenvalue weighted by Crippen LogP contribution is 2.15. The van der Waals surface area contributed by atoms with Gasteiger partial charge in [0.25, 0.3) is 0 Å². The Morgan fingerprint density at radius 1 is 0.383 bits per heavy atom. The Hall–Kier alpha value is -0.610. The maximum atomic E-state index is 11.9. The van der Waals surface area contributed by atoms with Crippen molar-refractivity contribution < 1.29 is 19.0 Å². The molecule has 0 bridgehead atoms. The van der Waals surface area contributed by atoms with Gasteiger partial charge in [-0.1, -0.05) is 213 Å². The Kier molecular flexibility index (Phi) is 41.0. The lowest BCUT2D eigenvalue weighted by Gasteiger charge is -2.18. The third-order valence-corrected chi connectivity index (χ3v) is 9.68. The molecular formula is C43H86O4. The van der Waals surface area contributed by atoms with Crippen LogP contribution in [-0.2, 0) is 19.0 Å². The van der Waals surface area contributed by atoms with E-state index in [0.717, 1.165) is 32.5 Å². The Bertz CT molecular complexity index is 580. The van der Waals surface area contributed by atoms with E-state index in [1.807, 2.05) is 6.92 Å². The number of carbonyl (C=O) groups excluding carboxylic acids is 1. The quantitative estimate of drug-likeness (QED) is 0.0481. The van der Waals surface area contributed by atoms with E-state index < -0.39 is 0 Å². The Morgan fingerprint density at radius 2 is 0.702 bits per heavy atom. The van der Waals surface area contributed by atoms with Gasteiger partial charge in [-0.15, -0.1) is 0 Å². The molecule has 0 aromatic rings. The molecule has 0 aliphatic carbocycles. The van der Waals surface area contributed by atoms with E-state index >= 15 is 0 Å². The van der Waals surface area contributed by atoms with Crippen LogP contribution in [0.2, 0.25) is 0 Å². The molecule has 0 saturated carbocycles. The molecule has 0 saturated heterocycles. The van der Waals surface area contributed by atoms with Crippen LogP contribution >= 0.6 is 0 Å². The summed E-state index contributed by atoms with van der Waals surface area (Å²) in [5, 5.41) is 0. The SMILES string of the molecule is CCCCCCCCCCCCCCCCCCOCC(COC(=O)CCC)OCCCCCCCCCCCCCCCCCC. The molecule has 1 atom stereocenters. The highest BCUT2D eigenvalue weighted by atomic mass is 16.6. The highest BCUT2D eigenvalue weighted by Gasteiger charge is 2.13. The molecule has 0 aromatic carbocycles. The van der Waals surface area contributed by atoms with Crippen LogP contribution in [0, 0.1) is 0 Å². The molecule has 0 aromatic heterocycles. The highest BCUT2D eigenvalue weighted by molar-refractivity contribution is 5.69. The van der Waals surface area contributed by atoms with Gasteiger partial charge in [-0.2, -0.15) is 0 Å². The fourth-order valence-electron chi connectivity index (χ4n) is 6.47. The van der Waals surface area contributed by atoms with Crippen molar-refractivity contribution in [3.05, 3.63) is 0 Å². The van der Waals surface area contributed by atoms with Crippen molar-refractivity contribution in [1.82, 2.24) is 0 Å². The van der Waals surface area contributed by atoms with Crippen molar-refractivity contribution >= 4 is 5.97 Å². The van der Waals surface area contributed by atoms with E-state index in [0.29, 0.717) is 19.6 Å². The van der Waals surface area contributed by atoms with E-state index in [2.05, 4.69) is 13.8 Å². The number of unbranched alkanes of at least 4 members (excludes halogenated alkanes) is 30. The van der Waals surface area contributed by atoms with Crippen molar-refractivity contribution in [3.63, 3.8) is 0 Å². The molecule has 0 radical (unpaired) electrons. The first-order chi connectivity index (χ1) is 23.2. The number of hydrogen-bond acceptors (Lipinski definition) is 4. The van der Waals surface area contributed by atoms with Crippen LogP contribution in [0.5, 0.6) is 0 Å². The van der Waals surface area contributed by atoms with Gasteiger partial charge in [0.2, 0.25) is 0 Å². The molecule has 1 unspecified atom stereocenters. The first-order valence-corrected chi connectivity index (χ1v) is 21.6. The lowest BCUT2D eigenvalue weighted by atomic mass is 10.0. The first kappa shape index (κ1) is 46.4. The van der Waals surface area contributed by atoms with Crippen molar-refractivity contribution in [2.45, 2.75) is 245 Å². The van der Waals surface area contributed by atoms with Gasteiger partial charge in [0.15, 0.2) is 0 Å². The topological polar surface area (TPSA) is 44.8 Å². The summed E-state index contributed by atoms with van der Waals surface area (Å²) in [7, 11) is 0. The number of carbonyl (C=O) groups is 1. The minimum atomic E-state index is -0.145. The van der Waals surface area contributed by atoms with Gasteiger partial charge < -0.3 is 14.2 Å². The van der Waals surface area contributed by atoms with Crippen LogP contribution < -0.4 is 0 Å². The summed E-state index contributed by atoms with van der Waals surface area (Å²) in [6.07, 6.45) is 45.2. The third kappa shape index (κ3) is 39.7. The van der Waals surface area contributed by atoms with Crippen LogP contribution in [0.1, 0.15) is 239 Å². The molecule has 0 amide bonds. The van der Waals surface area contributed by atoms with Crippen LogP contribution in [0.4, 0.5) is 0 Å². The first-order valence-electron chi connectivity index (χ1n) is 21.6. The van der Waals surface area contributed by atoms with E-state index in [1.165, 1.54) is 193 Å². The summed E-state index contributed by atoms with van der Waals surface area (Å²) >= 11 is 0. The number of ether oxygens (including phenoxy) is 3. The molecular weight excluding hydrogens is 580 g/mol. The van der Waals surface area contributed by atoms with Crippen LogP contribution in [0.25, 0.3) is 0 Å². The molecule has 0 N–H and O–H groups in total. The maximum Gasteiger partial charge on any atom is 0.305 e. The molecule has 0 fully saturated rings. The van der Waals surface area contributed by atoms with Gasteiger partial charge in [0, 0.05) is 19.6 Å². The van der Waals surface area contributed by atoms with Gasteiger partial charge >= 0.3 is 5.97 Å². The smallest absolute Gasteiger partial charge is 0.305 e. The molecule has 0 aliphatic rings. The normalized spacial score (nSPS) is 12.1. The maximum absolute atomic E-state index is 11.9. The predicted octanol–water partition coefficient (Wildman–Crippen LogP) is 14.3. The molecule has 0 spiro atoms. The zero-order valence-electron chi connectivity index (χ0n) is 32.6. The lowest BCUT2D eigenvalue weighted by molar-refractivity contribution is -0.149. The van der Waals surface area contributed by atoms with Gasteiger partial charge in [0.05, 0.1) is 6.61 Å². The Balaban J connectivity index is 3.68. The van der Waals surface area contributed by atoms with E-state index in [9.17, 15) is 4.79 Å². The molecule has 282 valence electrons. The number of esters is 1. The molecule has 47 heavy (non-hydrogen) atoms. The summed E-state index contributed by atoms with van der Waals surface area (Å²) in [4.78, 5) is 11.9. The second kappa shape index (κ2) is 41.6. The average molecular weight is 667 g/mol. The molecule has 4 heteroatoms. The van der Waals surface area contributed by atoms with Crippen molar-refractivity contribution in [3.8, 4) is 0 Å². The molecule has 0 rings (SSSR count). The Labute approximate surface area is 296 Å². The van der Waals surface area contributed by atoms with Crippen molar-refractivity contribution in [1.29, 1.82) is 0 Å². The van der Waals surface area contributed by atoms with Crippen LogP contribution in [-0.4, -0.2) is 38.5 Å².